The van der Waals surface area contributed by atoms with Crippen molar-refractivity contribution in [3.05, 3.63) is 114 Å². The van der Waals surface area contributed by atoms with Crippen LogP contribution in [-0.4, -0.2) is 14.3 Å². The molecule has 0 spiro atoms. The van der Waals surface area contributed by atoms with Gasteiger partial charge in [-0.25, -0.2) is 12.8 Å². The van der Waals surface area contributed by atoms with Crippen LogP contribution in [0.2, 0.25) is 0 Å². The summed E-state index contributed by atoms with van der Waals surface area (Å²) in [6.45, 7) is 1.50. The quantitative estimate of drug-likeness (QED) is 0.379. The van der Waals surface area contributed by atoms with E-state index in [1.807, 2.05) is 54.6 Å². The third-order valence-electron chi connectivity index (χ3n) is 5.10. The van der Waals surface area contributed by atoms with Gasteiger partial charge in [0.1, 0.15) is 5.82 Å². The Bertz CT molecular complexity index is 1400. The summed E-state index contributed by atoms with van der Waals surface area (Å²) >= 11 is 0. The molecule has 1 amide bonds. The fourth-order valence-electron chi connectivity index (χ4n) is 3.34. The predicted molar refractivity (Wildman–Crippen MR) is 128 cm³/mol. The average Bonchev–Trinajstić information content (AvgIpc) is 2.82. The van der Waals surface area contributed by atoms with Gasteiger partial charge in [0.05, 0.1) is 4.90 Å². The van der Waals surface area contributed by atoms with Crippen molar-refractivity contribution >= 4 is 27.3 Å². The number of amides is 1. The lowest BCUT2D eigenvalue weighted by atomic mass is 10.0. The number of carbonyl (C=O) groups excluding carboxylic acids is 1. The van der Waals surface area contributed by atoms with Crippen molar-refractivity contribution in [3.8, 4) is 11.1 Å². The molecule has 7 heteroatoms. The minimum absolute atomic E-state index is 0.0410. The molecule has 2 N–H and O–H groups in total. The van der Waals surface area contributed by atoms with Crippen LogP contribution in [0.5, 0.6) is 0 Å². The Morgan fingerprint density at radius 1 is 0.818 bits per heavy atom. The van der Waals surface area contributed by atoms with Gasteiger partial charge in [0.2, 0.25) is 0 Å². The van der Waals surface area contributed by atoms with Gasteiger partial charge in [-0.05, 0) is 66.6 Å². The number of carbonyl (C=O) groups is 1. The van der Waals surface area contributed by atoms with Crippen molar-refractivity contribution in [2.24, 2.45) is 0 Å². The number of nitrogens with one attached hydrogen (secondary N) is 2. The Labute approximate surface area is 192 Å². The highest BCUT2D eigenvalue weighted by Gasteiger charge is 2.16. The fourth-order valence-corrected chi connectivity index (χ4v) is 4.49. The van der Waals surface area contributed by atoms with E-state index in [1.54, 1.807) is 0 Å². The maximum absolute atomic E-state index is 13.5. The molecule has 4 aromatic rings. The molecule has 166 valence electrons. The van der Waals surface area contributed by atoms with Crippen molar-refractivity contribution in [1.82, 2.24) is 0 Å². The molecule has 0 atom stereocenters. The third kappa shape index (κ3) is 5.10. The molecule has 0 unspecified atom stereocenters. The summed E-state index contributed by atoms with van der Waals surface area (Å²) in [5, 5.41) is 2.92. The van der Waals surface area contributed by atoms with Crippen LogP contribution in [0, 0.1) is 12.7 Å². The number of sulfonamides is 1. The molecule has 4 rings (SSSR count). The van der Waals surface area contributed by atoms with Gasteiger partial charge >= 0.3 is 0 Å². The lowest BCUT2D eigenvalue weighted by Gasteiger charge is -2.12. The number of hydrogen-bond acceptors (Lipinski definition) is 3. The number of anilines is 2. The molecular weight excluding hydrogens is 439 g/mol. The number of halogens is 1. The number of para-hydroxylation sites is 1. The highest BCUT2D eigenvalue weighted by Crippen LogP contribution is 2.28. The van der Waals surface area contributed by atoms with Crippen molar-refractivity contribution in [1.29, 1.82) is 0 Å². The molecule has 0 heterocycles. The molecule has 0 fully saturated rings. The van der Waals surface area contributed by atoms with Crippen LogP contribution < -0.4 is 10.0 Å². The predicted octanol–water partition coefficient (Wildman–Crippen LogP) is 5.85. The number of rotatable bonds is 6. The highest BCUT2D eigenvalue weighted by molar-refractivity contribution is 7.92. The summed E-state index contributed by atoms with van der Waals surface area (Å²) in [5.41, 5.74) is 3.45. The zero-order valence-corrected chi connectivity index (χ0v) is 18.6. The standard InChI is InChI=1S/C26H21FN2O3S/c1-18-17-22(15-16-24(18)27)33(31,32)29-21-13-11-20(12-14-21)26(30)28-25-10-6-5-9-23(25)19-7-3-2-4-8-19/h2-17,29H,1H3,(H,28,30). The second-order valence-corrected chi connectivity index (χ2v) is 9.14. The normalized spacial score (nSPS) is 11.1. The van der Waals surface area contributed by atoms with Gasteiger partial charge in [-0.2, -0.15) is 0 Å². The fraction of sp³-hybridized carbons (Fsp3) is 0.0385. The van der Waals surface area contributed by atoms with E-state index in [0.717, 1.165) is 17.2 Å². The Morgan fingerprint density at radius 2 is 1.48 bits per heavy atom. The van der Waals surface area contributed by atoms with E-state index < -0.39 is 15.8 Å². The molecule has 0 aliphatic heterocycles. The molecular formula is C26H21FN2O3S. The number of hydrogen-bond donors (Lipinski definition) is 2. The minimum Gasteiger partial charge on any atom is -0.321 e. The lowest BCUT2D eigenvalue weighted by Crippen LogP contribution is -2.14. The van der Waals surface area contributed by atoms with Crippen molar-refractivity contribution in [2.75, 3.05) is 10.0 Å². The lowest BCUT2D eigenvalue weighted by molar-refractivity contribution is 0.102. The maximum atomic E-state index is 13.5. The Balaban J connectivity index is 1.50. The summed E-state index contributed by atoms with van der Waals surface area (Å²) in [6, 6.07) is 26.9. The summed E-state index contributed by atoms with van der Waals surface area (Å²) < 4.78 is 41.1. The van der Waals surface area contributed by atoms with E-state index in [2.05, 4.69) is 10.0 Å². The molecule has 0 saturated heterocycles. The maximum Gasteiger partial charge on any atom is 0.261 e. The average molecular weight is 461 g/mol. The first kappa shape index (κ1) is 22.2. The second-order valence-electron chi connectivity index (χ2n) is 7.46. The van der Waals surface area contributed by atoms with Crippen LogP contribution in [0.3, 0.4) is 0 Å². The van der Waals surface area contributed by atoms with Crippen molar-refractivity contribution in [3.63, 3.8) is 0 Å². The molecule has 0 aliphatic rings. The van der Waals surface area contributed by atoms with Gasteiger partial charge in [0, 0.05) is 22.5 Å². The van der Waals surface area contributed by atoms with E-state index in [0.29, 0.717) is 16.9 Å². The molecule has 0 saturated carbocycles. The van der Waals surface area contributed by atoms with Crippen LogP contribution in [0.15, 0.2) is 102 Å². The Morgan fingerprint density at radius 3 is 2.18 bits per heavy atom. The number of benzene rings is 4. The summed E-state index contributed by atoms with van der Waals surface area (Å²) in [4.78, 5) is 12.8. The highest BCUT2D eigenvalue weighted by atomic mass is 32.2. The van der Waals surface area contributed by atoms with E-state index in [-0.39, 0.29) is 16.4 Å². The molecule has 5 nitrogen and oxygen atoms in total. The first-order valence-electron chi connectivity index (χ1n) is 10.2. The summed E-state index contributed by atoms with van der Waals surface area (Å²) in [7, 11) is -3.89. The molecule has 0 aliphatic carbocycles. The molecule has 0 bridgehead atoms. The van der Waals surface area contributed by atoms with Gasteiger partial charge < -0.3 is 5.32 Å². The van der Waals surface area contributed by atoms with Crippen molar-refractivity contribution in [2.45, 2.75) is 11.8 Å². The van der Waals surface area contributed by atoms with E-state index in [9.17, 15) is 17.6 Å². The zero-order chi connectivity index (χ0) is 23.4. The smallest absolute Gasteiger partial charge is 0.261 e. The van der Waals surface area contributed by atoms with Crippen LogP contribution >= 0.6 is 0 Å². The molecule has 0 radical (unpaired) electrons. The molecule has 4 aromatic carbocycles. The second kappa shape index (κ2) is 9.26. The summed E-state index contributed by atoms with van der Waals surface area (Å²) in [5.74, 6) is -0.792. The van der Waals surface area contributed by atoms with Gasteiger partial charge in [-0.15, -0.1) is 0 Å². The Hall–Kier alpha value is -3.97. The summed E-state index contributed by atoms with van der Waals surface area (Å²) in [6.07, 6.45) is 0. The molecule has 0 aromatic heterocycles. The van der Waals surface area contributed by atoms with Crippen LogP contribution in [0.4, 0.5) is 15.8 Å². The van der Waals surface area contributed by atoms with Gasteiger partial charge in [-0.3, -0.25) is 9.52 Å². The van der Waals surface area contributed by atoms with Gasteiger partial charge in [-0.1, -0.05) is 48.5 Å². The zero-order valence-electron chi connectivity index (χ0n) is 17.7. The van der Waals surface area contributed by atoms with Crippen LogP contribution in [0.25, 0.3) is 11.1 Å². The molecule has 33 heavy (non-hydrogen) atoms. The number of aryl methyl sites for hydroxylation is 1. The first-order chi connectivity index (χ1) is 15.8. The van der Waals surface area contributed by atoms with Gasteiger partial charge in [0.25, 0.3) is 15.9 Å². The first-order valence-corrected chi connectivity index (χ1v) is 11.7. The SMILES string of the molecule is Cc1cc(S(=O)(=O)Nc2ccc(C(=O)Nc3ccccc3-c3ccccc3)cc2)ccc1F. The largest absolute Gasteiger partial charge is 0.321 e. The van der Waals surface area contributed by atoms with E-state index in [4.69, 9.17) is 0 Å². The van der Waals surface area contributed by atoms with Crippen molar-refractivity contribution < 1.29 is 17.6 Å². The topological polar surface area (TPSA) is 75.3 Å². The minimum atomic E-state index is -3.89. The Kier molecular flexibility index (Phi) is 6.24. The van der Waals surface area contributed by atoms with Crippen LogP contribution in [-0.2, 0) is 10.0 Å². The van der Waals surface area contributed by atoms with E-state index >= 15 is 0 Å². The monoisotopic (exact) mass is 460 g/mol. The van der Waals surface area contributed by atoms with Gasteiger partial charge in [0.15, 0.2) is 0 Å². The third-order valence-corrected chi connectivity index (χ3v) is 6.48. The van der Waals surface area contributed by atoms with Crippen LogP contribution in [0.1, 0.15) is 15.9 Å². The van der Waals surface area contributed by atoms with E-state index in [1.165, 1.54) is 43.3 Å².